The zero-order chi connectivity index (χ0) is 12.7. The van der Waals surface area contributed by atoms with Gasteiger partial charge < -0.3 is 9.47 Å². The van der Waals surface area contributed by atoms with Crippen molar-refractivity contribution in [2.75, 3.05) is 13.7 Å². The van der Waals surface area contributed by atoms with Gasteiger partial charge in [0.25, 0.3) is 0 Å². The van der Waals surface area contributed by atoms with Crippen molar-refractivity contribution in [3.63, 3.8) is 0 Å². The van der Waals surface area contributed by atoms with E-state index in [1.165, 1.54) is 13.3 Å². The summed E-state index contributed by atoms with van der Waals surface area (Å²) in [5.74, 6) is 4.50. The van der Waals surface area contributed by atoms with Gasteiger partial charge in [0.15, 0.2) is 5.01 Å². The van der Waals surface area contributed by atoms with Gasteiger partial charge in [-0.1, -0.05) is 17.3 Å². The molecule has 0 atom stereocenters. The van der Waals surface area contributed by atoms with Crippen molar-refractivity contribution < 1.29 is 19.1 Å². The molecule has 0 amide bonds. The fourth-order valence-corrected chi connectivity index (χ4v) is 1.64. The molecular weight excluding hydrogens is 242 g/mol. The molecule has 90 valence electrons. The van der Waals surface area contributed by atoms with E-state index < -0.39 is 5.97 Å². The highest BCUT2D eigenvalue weighted by molar-refractivity contribution is 7.14. The monoisotopic (exact) mass is 253 g/mol. The Labute approximate surface area is 103 Å². The summed E-state index contributed by atoms with van der Waals surface area (Å²) < 4.78 is 9.24. The van der Waals surface area contributed by atoms with Crippen LogP contribution >= 0.6 is 11.3 Å². The van der Waals surface area contributed by atoms with Crippen molar-refractivity contribution in [2.45, 2.75) is 13.3 Å². The number of esters is 2. The van der Waals surface area contributed by atoms with Crippen LogP contribution in [0.2, 0.25) is 0 Å². The van der Waals surface area contributed by atoms with Crippen molar-refractivity contribution >= 4 is 23.3 Å². The molecule has 0 aromatic carbocycles. The number of rotatable bonds is 3. The summed E-state index contributed by atoms with van der Waals surface area (Å²) in [4.78, 5) is 26.4. The molecule has 0 saturated carbocycles. The topological polar surface area (TPSA) is 65.5 Å². The van der Waals surface area contributed by atoms with Crippen molar-refractivity contribution in [3.8, 4) is 11.8 Å². The van der Waals surface area contributed by atoms with Gasteiger partial charge in [-0.2, -0.15) is 0 Å². The Balaban J connectivity index is 2.58. The zero-order valence-electron chi connectivity index (χ0n) is 9.48. The van der Waals surface area contributed by atoms with Crippen LogP contribution < -0.4 is 0 Å². The van der Waals surface area contributed by atoms with Crippen LogP contribution in [0.15, 0.2) is 6.20 Å². The number of ether oxygens (including phenoxy) is 2. The second-order valence-electron chi connectivity index (χ2n) is 2.80. The third-order valence-corrected chi connectivity index (χ3v) is 2.52. The van der Waals surface area contributed by atoms with Crippen molar-refractivity contribution in [2.24, 2.45) is 0 Å². The Morgan fingerprint density at radius 1 is 1.53 bits per heavy atom. The average molecular weight is 253 g/mol. The second-order valence-corrected chi connectivity index (χ2v) is 3.84. The third kappa shape index (κ3) is 4.25. The maximum Gasteiger partial charge on any atom is 0.349 e. The van der Waals surface area contributed by atoms with E-state index in [0.29, 0.717) is 16.5 Å². The molecule has 17 heavy (non-hydrogen) atoms. The van der Waals surface area contributed by atoms with Gasteiger partial charge >= 0.3 is 11.9 Å². The Bertz CT molecular complexity index is 469. The number of hydrogen-bond donors (Lipinski definition) is 0. The molecule has 0 bridgehead atoms. The molecule has 0 N–H and O–H groups in total. The summed E-state index contributed by atoms with van der Waals surface area (Å²) >= 11 is 1.12. The fourth-order valence-electron chi connectivity index (χ4n) is 0.931. The van der Waals surface area contributed by atoms with Crippen LogP contribution in [0.4, 0.5) is 0 Å². The van der Waals surface area contributed by atoms with Crippen molar-refractivity contribution in [1.29, 1.82) is 0 Å². The van der Waals surface area contributed by atoms with Crippen LogP contribution in [-0.4, -0.2) is 30.6 Å². The standard InChI is InChI=1S/C11H11NO4S/c1-3-16-10(13)6-4-5-9-12-7-8(17-9)11(14)15-2/h7H,3,6H2,1-2H3. The third-order valence-electron chi connectivity index (χ3n) is 1.63. The predicted octanol–water partition coefficient (Wildman–Crippen LogP) is 1.23. The predicted molar refractivity (Wildman–Crippen MR) is 61.6 cm³/mol. The van der Waals surface area contributed by atoms with Gasteiger partial charge in [0.1, 0.15) is 11.3 Å². The van der Waals surface area contributed by atoms with Crippen molar-refractivity contribution in [1.82, 2.24) is 4.98 Å². The maximum absolute atomic E-state index is 11.1. The minimum absolute atomic E-state index is 0.0149. The highest BCUT2D eigenvalue weighted by Crippen LogP contribution is 2.12. The molecule has 0 radical (unpaired) electrons. The normalized spacial score (nSPS) is 9.06. The molecule has 0 unspecified atom stereocenters. The van der Waals surface area contributed by atoms with Gasteiger partial charge in [0.05, 0.1) is 19.9 Å². The zero-order valence-corrected chi connectivity index (χ0v) is 10.3. The van der Waals surface area contributed by atoms with Crippen LogP contribution in [0, 0.1) is 11.8 Å². The summed E-state index contributed by atoms with van der Waals surface area (Å²) in [5, 5.41) is 0.467. The van der Waals surface area contributed by atoms with Gasteiger partial charge in [-0.15, -0.1) is 0 Å². The summed E-state index contributed by atoms with van der Waals surface area (Å²) in [7, 11) is 1.30. The van der Waals surface area contributed by atoms with Crippen LogP contribution in [0.3, 0.4) is 0 Å². The van der Waals surface area contributed by atoms with Crippen LogP contribution in [-0.2, 0) is 14.3 Å². The highest BCUT2D eigenvalue weighted by atomic mass is 32.1. The Morgan fingerprint density at radius 3 is 2.94 bits per heavy atom. The first kappa shape index (κ1) is 13.2. The first-order valence-electron chi connectivity index (χ1n) is 4.86. The van der Waals surface area contributed by atoms with Crippen LogP contribution in [0.25, 0.3) is 0 Å². The molecule has 0 aliphatic carbocycles. The quantitative estimate of drug-likeness (QED) is 0.599. The Hall–Kier alpha value is -1.87. The molecular formula is C11H11NO4S. The lowest BCUT2D eigenvalue weighted by atomic mass is 10.4. The van der Waals surface area contributed by atoms with Gasteiger partial charge in [-0.25, -0.2) is 9.78 Å². The molecule has 1 aromatic heterocycles. The van der Waals surface area contributed by atoms with Crippen LogP contribution in [0.5, 0.6) is 0 Å². The minimum atomic E-state index is -0.444. The molecule has 0 aliphatic rings. The SMILES string of the molecule is CCOC(=O)CC#Cc1ncc(C(=O)OC)s1. The molecule has 1 rings (SSSR count). The lowest BCUT2D eigenvalue weighted by Gasteiger charge is -1.94. The molecule has 6 heteroatoms. The number of hydrogen-bond acceptors (Lipinski definition) is 6. The first-order chi connectivity index (χ1) is 8.17. The molecule has 0 aliphatic heterocycles. The van der Waals surface area contributed by atoms with E-state index in [1.807, 2.05) is 0 Å². The smallest absolute Gasteiger partial charge is 0.349 e. The first-order valence-corrected chi connectivity index (χ1v) is 5.67. The van der Waals surface area contributed by atoms with E-state index in [9.17, 15) is 9.59 Å². The van der Waals surface area contributed by atoms with Crippen LogP contribution in [0.1, 0.15) is 28.0 Å². The molecule has 5 nitrogen and oxygen atoms in total. The number of methoxy groups -OCH3 is 1. The summed E-state index contributed by atoms with van der Waals surface area (Å²) in [6.45, 7) is 2.07. The Morgan fingerprint density at radius 2 is 2.29 bits per heavy atom. The van der Waals surface area contributed by atoms with Gasteiger partial charge in [-0.05, 0) is 12.8 Å². The van der Waals surface area contributed by atoms with E-state index in [0.717, 1.165) is 11.3 Å². The molecule has 0 saturated heterocycles. The summed E-state index contributed by atoms with van der Waals surface area (Å²) in [6, 6.07) is 0. The molecule has 1 aromatic rings. The van der Waals surface area contributed by atoms with Gasteiger partial charge in [-0.3, -0.25) is 4.79 Å². The molecule has 0 fully saturated rings. The van der Waals surface area contributed by atoms with E-state index >= 15 is 0 Å². The highest BCUT2D eigenvalue weighted by Gasteiger charge is 2.08. The number of aromatic nitrogens is 1. The fraction of sp³-hybridized carbons (Fsp3) is 0.364. The van der Waals surface area contributed by atoms with E-state index in [4.69, 9.17) is 4.74 Å². The lowest BCUT2D eigenvalue weighted by Crippen LogP contribution is -2.01. The van der Waals surface area contributed by atoms with Crippen molar-refractivity contribution in [3.05, 3.63) is 16.1 Å². The second kappa shape index (κ2) is 6.66. The summed E-state index contributed by atoms with van der Waals surface area (Å²) in [6.07, 6.45) is 1.41. The van der Waals surface area contributed by atoms with Gasteiger partial charge in [0.2, 0.25) is 0 Å². The lowest BCUT2D eigenvalue weighted by molar-refractivity contribution is -0.141. The largest absolute Gasteiger partial charge is 0.465 e. The number of nitrogens with zero attached hydrogens (tertiary/aromatic N) is 1. The Kier molecular flexibility index (Phi) is 5.17. The maximum atomic E-state index is 11.1. The summed E-state index contributed by atoms with van der Waals surface area (Å²) in [5.41, 5.74) is 0. The van der Waals surface area contributed by atoms with E-state index in [2.05, 4.69) is 21.6 Å². The number of carbonyl (C=O) groups is 2. The molecule has 0 spiro atoms. The number of thiazole rings is 1. The van der Waals surface area contributed by atoms with E-state index in [-0.39, 0.29) is 12.4 Å². The minimum Gasteiger partial charge on any atom is -0.465 e. The van der Waals surface area contributed by atoms with E-state index in [1.54, 1.807) is 6.92 Å². The molecule has 1 heterocycles. The average Bonchev–Trinajstić information content (AvgIpc) is 2.77. The van der Waals surface area contributed by atoms with Gasteiger partial charge in [0, 0.05) is 0 Å². The number of carbonyl (C=O) groups excluding carboxylic acids is 2.